The smallest absolute Gasteiger partial charge is 0.123 e. The van der Waals surface area contributed by atoms with E-state index in [0.29, 0.717) is 12.5 Å². The molecule has 18 heavy (non-hydrogen) atoms. The van der Waals surface area contributed by atoms with Gasteiger partial charge >= 0.3 is 0 Å². The number of hydrogen-bond donors (Lipinski definition) is 1. The van der Waals surface area contributed by atoms with Crippen molar-refractivity contribution in [2.75, 3.05) is 6.54 Å². The molecule has 0 aromatic heterocycles. The lowest BCUT2D eigenvalue weighted by molar-refractivity contribution is 0.225. The summed E-state index contributed by atoms with van der Waals surface area (Å²) in [5.41, 5.74) is 6.89. The molecule has 1 unspecified atom stereocenters. The van der Waals surface area contributed by atoms with Gasteiger partial charge in [-0.2, -0.15) is 0 Å². The second kappa shape index (κ2) is 6.44. The van der Waals surface area contributed by atoms with Gasteiger partial charge in [-0.1, -0.05) is 30.9 Å². The molecule has 3 heteroatoms. The van der Waals surface area contributed by atoms with E-state index < -0.39 is 0 Å². The van der Waals surface area contributed by atoms with Crippen molar-refractivity contribution in [2.24, 2.45) is 5.73 Å². The number of hydrogen-bond acceptors (Lipinski definition) is 2. The predicted molar refractivity (Wildman–Crippen MR) is 76.4 cm³/mol. The van der Waals surface area contributed by atoms with E-state index in [4.69, 9.17) is 22.1 Å². The van der Waals surface area contributed by atoms with E-state index in [1.807, 2.05) is 19.1 Å². The molecule has 1 aromatic carbocycles. The van der Waals surface area contributed by atoms with Crippen molar-refractivity contribution >= 4 is 11.6 Å². The Labute approximate surface area is 114 Å². The maximum Gasteiger partial charge on any atom is 0.123 e. The highest BCUT2D eigenvalue weighted by atomic mass is 35.5. The Morgan fingerprint density at radius 2 is 2.06 bits per heavy atom. The van der Waals surface area contributed by atoms with Gasteiger partial charge in [0.15, 0.2) is 0 Å². The van der Waals surface area contributed by atoms with Gasteiger partial charge in [0.1, 0.15) is 11.9 Å². The summed E-state index contributed by atoms with van der Waals surface area (Å²) in [6.45, 7) is 2.53. The fraction of sp³-hybridized carbons (Fsp3) is 0.600. The zero-order chi connectivity index (χ0) is 13.0. The molecule has 0 amide bonds. The van der Waals surface area contributed by atoms with E-state index in [1.54, 1.807) is 0 Å². The highest BCUT2D eigenvalue weighted by molar-refractivity contribution is 6.30. The third kappa shape index (κ3) is 3.39. The quantitative estimate of drug-likeness (QED) is 0.891. The Kier molecular flexibility index (Phi) is 4.90. The van der Waals surface area contributed by atoms with Crippen LogP contribution in [-0.4, -0.2) is 12.6 Å². The second-order valence-electron chi connectivity index (χ2n) is 5.18. The summed E-state index contributed by atoms with van der Waals surface area (Å²) in [4.78, 5) is 0. The van der Waals surface area contributed by atoms with Crippen molar-refractivity contribution < 1.29 is 4.74 Å². The molecule has 0 radical (unpaired) electrons. The highest BCUT2D eigenvalue weighted by Crippen LogP contribution is 2.38. The molecular formula is C15H22ClNO. The first-order chi connectivity index (χ1) is 8.70. The first-order valence-corrected chi connectivity index (χ1v) is 7.24. The summed E-state index contributed by atoms with van der Waals surface area (Å²) in [5.74, 6) is 1.56. The van der Waals surface area contributed by atoms with Gasteiger partial charge in [-0.3, -0.25) is 0 Å². The van der Waals surface area contributed by atoms with Crippen molar-refractivity contribution in [3.05, 3.63) is 28.8 Å². The SMILES string of the molecule is CC(CN)Oc1ccc(Cl)cc1C1CCCCC1. The van der Waals surface area contributed by atoms with Gasteiger partial charge in [0.2, 0.25) is 0 Å². The number of ether oxygens (including phenoxy) is 1. The number of nitrogens with two attached hydrogens (primary N) is 1. The first kappa shape index (κ1) is 13.7. The maximum atomic E-state index is 6.13. The van der Waals surface area contributed by atoms with Gasteiger partial charge < -0.3 is 10.5 Å². The summed E-state index contributed by atoms with van der Waals surface area (Å²) in [7, 11) is 0. The molecule has 2 rings (SSSR count). The van der Waals surface area contributed by atoms with Gasteiger partial charge in [0, 0.05) is 11.6 Å². The average molecular weight is 268 g/mol. The van der Waals surface area contributed by atoms with Gasteiger partial charge in [-0.25, -0.2) is 0 Å². The fourth-order valence-corrected chi connectivity index (χ4v) is 2.80. The van der Waals surface area contributed by atoms with E-state index in [1.165, 1.54) is 37.7 Å². The van der Waals surface area contributed by atoms with Crippen LogP contribution >= 0.6 is 11.6 Å². The minimum Gasteiger partial charge on any atom is -0.489 e. The first-order valence-electron chi connectivity index (χ1n) is 6.87. The second-order valence-corrected chi connectivity index (χ2v) is 5.62. The summed E-state index contributed by atoms with van der Waals surface area (Å²) >= 11 is 6.13. The Bertz CT molecular complexity index is 388. The molecule has 0 saturated heterocycles. The molecule has 1 fully saturated rings. The Morgan fingerprint density at radius 1 is 1.33 bits per heavy atom. The third-order valence-electron chi connectivity index (χ3n) is 3.68. The van der Waals surface area contributed by atoms with Gasteiger partial charge in [-0.05, 0) is 49.4 Å². The van der Waals surface area contributed by atoms with E-state index in [-0.39, 0.29) is 6.10 Å². The van der Waals surface area contributed by atoms with Crippen molar-refractivity contribution in [1.82, 2.24) is 0 Å². The zero-order valence-electron chi connectivity index (χ0n) is 11.0. The third-order valence-corrected chi connectivity index (χ3v) is 3.91. The van der Waals surface area contributed by atoms with Crippen molar-refractivity contribution in [2.45, 2.75) is 51.0 Å². The van der Waals surface area contributed by atoms with E-state index in [0.717, 1.165) is 10.8 Å². The van der Waals surface area contributed by atoms with Crippen LogP contribution in [0.5, 0.6) is 5.75 Å². The molecule has 1 aliphatic carbocycles. The Balaban J connectivity index is 2.22. The molecule has 1 saturated carbocycles. The topological polar surface area (TPSA) is 35.2 Å². The van der Waals surface area contributed by atoms with Crippen LogP contribution in [0.4, 0.5) is 0 Å². The lowest BCUT2D eigenvalue weighted by atomic mass is 9.83. The Hall–Kier alpha value is -0.730. The molecule has 1 aliphatic rings. The van der Waals surface area contributed by atoms with E-state index >= 15 is 0 Å². The van der Waals surface area contributed by atoms with E-state index in [9.17, 15) is 0 Å². The normalized spacial score (nSPS) is 18.6. The summed E-state index contributed by atoms with van der Waals surface area (Å²) in [5, 5.41) is 0.795. The molecule has 1 atom stereocenters. The van der Waals surface area contributed by atoms with Crippen LogP contribution < -0.4 is 10.5 Å². The number of halogens is 1. The molecule has 1 aromatic rings. The summed E-state index contributed by atoms with van der Waals surface area (Å²) in [6.07, 6.45) is 6.51. The van der Waals surface area contributed by atoms with Crippen molar-refractivity contribution in [1.29, 1.82) is 0 Å². The van der Waals surface area contributed by atoms with Crippen molar-refractivity contribution in [3.8, 4) is 5.75 Å². The predicted octanol–water partition coefficient (Wildman–Crippen LogP) is 4.11. The highest BCUT2D eigenvalue weighted by Gasteiger charge is 2.20. The lowest BCUT2D eigenvalue weighted by Gasteiger charge is -2.25. The molecule has 0 spiro atoms. The summed E-state index contributed by atoms with van der Waals surface area (Å²) < 4.78 is 5.92. The van der Waals surface area contributed by atoms with Gasteiger partial charge in [0.25, 0.3) is 0 Å². The monoisotopic (exact) mass is 267 g/mol. The fourth-order valence-electron chi connectivity index (χ4n) is 2.62. The van der Waals surface area contributed by atoms with Crippen LogP contribution in [0.2, 0.25) is 5.02 Å². The van der Waals surface area contributed by atoms with Gasteiger partial charge in [-0.15, -0.1) is 0 Å². The Morgan fingerprint density at radius 3 is 2.72 bits per heavy atom. The molecule has 2 N–H and O–H groups in total. The van der Waals surface area contributed by atoms with E-state index in [2.05, 4.69) is 6.07 Å². The van der Waals surface area contributed by atoms with Crippen LogP contribution in [0.15, 0.2) is 18.2 Å². The molecule has 0 heterocycles. The molecule has 100 valence electrons. The largest absolute Gasteiger partial charge is 0.489 e. The molecule has 0 aliphatic heterocycles. The van der Waals surface area contributed by atoms with Crippen LogP contribution in [-0.2, 0) is 0 Å². The maximum absolute atomic E-state index is 6.13. The van der Waals surface area contributed by atoms with Crippen LogP contribution in [0, 0.1) is 0 Å². The standard InChI is InChI=1S/C15H22ClNO/c1-11(10-17)18-15-8-7-13(16)9-14(15)12-5-3-2-4-6-12/h7-9,11-12H,2-6,10,17H2,1H3. The molecular weight excluding hydrogens is 246 g/mol. The van der Waals surface area contributed by atoms with Crippen LogP contribution in [0.25, 0.3) is 0 Å². The van der Waals surface area contributed by atoms with Gasteiger partial charge in [0.05, 0.1) is 0 Å². The minimum atomic E-state index is 0.0496. The summed E-state index contributed by atoms with van der Waals surface area (Å²) in [6, 6.07) is 5.95. The zero-order valence-corrected chi connectivity index (χ0v) is 11.7. The average Bonchev–Trinajstić information content (AvgIpc) is 2.41. The molecule has 2 nitrogen and oxygen atoms in total. The van der Waals surface area contributed by atoms with Crippen LogP contribution in [0.3, 0.4) is 0 Å². The van der Waals surface area contributed by atoms with Crippen LogP contribution in [0.1, 0.15) is 50.5 Å². The van der Waals surface area contributed by atoms with Crippen molar-refractivity contribution in [3.63, 3.8) is 0 Å². The lowest BCUT2D eigenvalue weighted by Crippen LogP contribution is -2.23. The number of rotatable bonds is 4. The number of benzene rings is 1. The minimum absolute atomic E-state index is 0.0496. The molecule has 0 bridgehead atoms.